The Bertz CT molecular complexity index is 1130. The van der Waals surface area contributed by atoms with Crippen LogP contribution in [0.4, 0.5) is 0 Å². The van der Waals surface area contributed by atoms with Gasteiger partial charge in [0.25, 0.3) is 5.91 Å². The zero-order chi connectivity index (χ0) is 19.8. The molecule has 3 aromatic heterocycles. The van der Waals surface area contributed by atoms with Crippen molar-refractivity contribution in [1.29, 1.82) is 0 Å². The molecule has 1 aliphatic rings. The molecule has 0 radical (unpaired) electrons. The zero-order valence-corrected chi connectivity index (χ0v) is 16.3. The Morgan fingerprint density at radius 2 is 2.03 bits per heavy atom. The van der Waals surface area contributed by atoms with Crippen LogP contribution in [0.2, 0.25) is 0 Å². The first-order valence-electron chi connectivity index (χ1n) is 10.00. The number of benzene rings is 1. The molecular weight excluding hydrogens is 362 g/mol. The normalized spacial score (nSPS) is 19.1. The van der Waals surface area contributed by atoms with Gasteiger partial charge in [-0.15, -0.1) is 0 Å². The molecule has 1 aliphatic heterocycles. The van der Waals surface area contributed by atoms with Gasteiger partial charge >= 0.3 is 0 Å². The third kappa shape index (κ3) is 3.31. The minimum absolute atomic E-state index is 0.129. The second-order valence-electron chi connectivity index (χ2n) is 7.83. The lowest BCUT2D eigenvalue weighted by Gasteiger charge is -2.21. The van der Waals surface area contributed by atoms with E-state index in [4.69, 9.17) is 4.98 Å². The van der Waals surface area contributed by atoms with Crippen molar-refractivity contribution in [3.05, 3.63) is 72.7 Å². The Morgan fingerprint density at radius 1 is 1.17 bits per heavy atom. The zero-order valence-electron chi connectivity index (χ0n) is 16.3. The summed E-state index contributed by atoms with van der Waals surface area (Å²) in [5, 5.41) is 6.83. The van der Waals surface area contributed by atoms with Crippen LogP contribution in [0, 0.1) is 5.92 Å². The van der Waals surface area contributed by atoms with Gasteiger partial charge in [-0.05, 0) is 49.6 Å². The van der Waals surface area contributed by atoms with E-state index >= 15 is 0 Å². The fraction of sp³-hybridized carbons (Fsp3) is 0.261. The number of pyridine rings is 1. The SMILES string of the molecule is C[C@@H]1CC(Cn2ccc3nc(-c4cn[nH]c4)ccc32)CN1C(=O)c1ccccc1. The number of rotatable bonds is 4. The van der Waals surface area contributed by atoms with Gasteiger partial charge < -0.3 is 9.47 Å². The number of aromatic amines is 1. The van der Waals surface area contributed by atoms with Gasteiger partial charge in [0.05, 0.1) is 22.9 Å². The summed E-state index contributed by atoms with van der Waals surface area (Å²) in [6, 6.07) is 16.0. The first-order valence-corrected chi connectivity index (χ1v) is 10.00. The first kappa shape index (κ1) is 17.7. The van der Waals surface area contributed by atoms with Crippen LogP contribution in [0.1, 0.15) is 23.7 Å². The summed E-state index contributed by atoms with van der Waals surface area (Å²) in [6.07, 6.45) is 6.74. The third-order valence-corrected chi connectivity index (χ3v) is 5.82. The number of fused-ring (bicyclic) bond motifs is 1. The van der Waals surface area contributed by atoms with Crippen LogP contribution in [0.25, 0.3) is 22.3 Å². The predicted molar refractivity (Wildman–Crippen MR) is 112 cm³/mol. The Hall–Kier alpha value is -3.41. The molecule has 146 valence electrons. The molecule has 2 atom stereocenters. The number of aromatic nitrogens is 4. The van der Waals surface area contributed by atoms with E-state index in [1.54, 1.807) is 6.20 Å². The second kappa shape index (κ2) is 7.20. The molecule has 1 amide bonds. The Morgan fingerprint density at radius 3 is 2.83 bits per heavy atom. The third-order valence-electron chi connectivity index (χ3n) is 5.82. The van der Waals surface area contributed by atoms with E-state index < -0.39 is 0 Å². The Labute approximate surface area is 169 Å². The fourth-order valence-corrected chi connectivity index (χ4v) is 4.37. The number of H-pyrrole nitrogens is 1. The number of hydrogen-bond donors (Lipinski definition) is 1. The highest BCUT2D eigenvalue weighted by Gasteiger charge is 2.33. The van der Waals surface area contributed by atoms with E-state index in [2.05, 4.69) is 40.0 Å². The van der Waals surface area contributed by atoms with Gasteiger partial charge in [0, 0.05) is 42.7 Å². The lowest BCUT2D eigenvalue weighted by atomic mass is 10.1. The highest BCUT2D eigenvalue weighted by molar-refractivity contribution is 5.94. The quantitative estimate of drug-likeness (QED) is 0.578. The maximum atomic E-state index is 12.9. The van der Waals surface area contributed by atoms with Crippen molar-refractivity contribution in [2.24, 2.45) is 5.92 Å². The molecule has 1 aromatic carbocycles. The summed E-state index contributed by atoms with van der Waals surface area (Å²) in [4.78, 5) is 19.6. The highest BCUT2D eigenvalue weighted by atomic mass is 16.2. The van der Waals surface area contributed by atoms with Crippen molar-refractivity contribution in [2.75, 3.05) is 6.54 Å². The van der Waals surface area contributed by atoms with Crippen LogP contribution >= 0.6 is 0 Å². The maximum Gasteiger partial charge on any atom is 0.254 e. The van der Waals surface area contributed by atoms with Crippen molar-refractivity contribution in [3.63, 3.8) is 0 Å². The number of carbonyl (C=O) groups is 1. The van der Waals surface area contributed by atoms with Crippen molar-refractivity contribution in [3.8, 4) is 11.3 Å². The molecule has 0 spiro atoms. The summed E-state index contributed by atoms with van der Waals surface area (Å²) in [5.74, 6) is 0.561. The summed E-state index contributed by atoms with van der Waals surface area (Å²) in [7, 11) is 0. The summed E-state index contributed by atoms with van der Waals surface area (Å²) >= 11 is 0. The molecule has 1 unspecified atom stereocenters. The van der Waals surface area contributed by atoms with Gasteiger partial charge in [0.15, 0.2) is 0 Å². The fourth-order valence-electron chi connectivity index (χ4n) is 4.37. The van der Waals surface area contributed by atoms with E-state index in [1.165, 1.54) is 0 Å². The van der Waals surface area contributed by atoms with Gasteiger partial charge in [-0.3, -0.25) is 9.89 Å². The number of likely N-dealkylation sites (tertiary alicyclic amines) is 1. The van der Waals surface area contributed by atoms with Gasteiger partial charge in [0.2, 0.25) is 0 Å². The summed E-state index contributed by atoms with van der Waals surface area (Å²) in [6.45, 7) is 3.82. The van der Waals surface area contributed by atoms with E-state index in [9.17, 15) is 4.79 Å². The van der Waals surface area contributed by atoms with Gasteiger partial charge in [-0.25, -0.2) is 4.98 Å². The molecule has 5 rings (SSSR count). The van der Waals surface area contributed by atoms with Gasteiger partial charge in [0.1, 0.15) is 0 Å². The van der Waals surface area contributed by atoms with Crippen molar-refractivity contribution in [2.45, 2.75) is 25.9 Å². The minimum Gasteiger partial charge on any atom is -0.346 e. The van der Waals surface area contributed by atoms with Gasteiger partial charge in [-0.1, -0.05) is 18.2 Å². The lowest BCUT2D eigenvalue weighted by molar-refractivity contribution is 0.0742. The molecule has 6 heteroatoms. The summed E-state index contributed by atoms with van der Waals surface area (Å²) in [5.41, 5.74) is 4.77. The summed E-state index contributed by atoms with van der Waals surface area (Å²) < 4.78 is 2.26. The number of hydrogen-bond acceptors (Lipinski definition) is 3. The van der Waals surface area contributed by atoms with Crippen LogP contribution in [0.3, 0.4) is 0 Å². The monoisotopic (exact) mass is 385 g/mol. The molecule has 29 heavy (non-hydrogen) atoms. The van der Waals surface area contributed by atoms with E-state index in [1.807, 2.05) is 47.5 Å². The smallest absolute Gasteiger partial charge is 0.254 e. The molecule has 1 N–H and O–H groups in total. The van der Waals surface area contributed by atoms with E-state index in [0.29, 0.717) is 5.92 Å². The largest absolute Gasteiger partial charge is 0.346 e. The van der Waals surface area contributed by atoms with Crippen LogP contribution < -0.4 is 0 Å². The standard InChI is InChI=1S/C23H23N5O/c1-16-11-17(15-28(16)23(29)18-5-3-2-4-6-18)14-27-10-9-21-22(27)8-7-20(26-21)19-12-24-25-13-19/h2-10,12-13,16-17H,11,14-15H2,1H3,(H,24,25)/t16-,17?/m1/s1. The second-order valence-corrected chi connectivity index (χ2v) is 7.83. The van der Waals surface area contributed by atoms with E-state index in [0.717, 1.165) is 47.4 Å². The molecular formula is C23H23N5O. The molecule has 0 aliphatic carbocycles. The Balaban J connectivity index is 1.33. The number of carbonyl (C=O) groups excluding carboxylic acids is 1. The van der Waals surface area contributed by atoms with Crippen molar-refractivity contribution in [1.82, 2.24) is 24.6 Å². The highest BCUT2D eigenvalue weighted by Crippen LogP contribution is 2.28. The number of nitrogens with zero attached hydrogens (tertiary/aromatic N) is 4. The predicted octanol–water partition coefficient (Wildman–Crippen LogP) is 3.98. The average molecular weight is 385 g/mol. The molecule has 6 nitrogen and oxygen atoms in total. The molecule has 0 saturated carbocycles. The number of amides is 1. The number of nitrogens with one attached hydrogen (secondary N) is 1. The van der Waals surface area contributed by atoms with Crippen LogP contribution in [-0.4, -0.2) is 43.1 Å². The lowest BCUT2D eigenvalue weighted by Crippen LogP contribution is -2.34. The van der Waals surface area contributed by atoms with Crippen LogP contribution in [-0.2, 0) is 6.54 Å². The molecule has 0 bridgehead atoms. The van der Waals surface area contributed by atoms with Crippen molar-refractivity contribution < 1.29 is 4.79 Å². The Kier molecular flexibility index (Phi) is 4.39. The first-order chi connectivity index (χ1) is 14.2. The van der Waals surface area contributed by atoms with E-state index in [-0.39, 0.29) is 11.9 Å². The molecule has 1 saturated heterocycles. The maximum absolute atomic E-state index is 12.9. The minimum atomic E-state index is 0.129. The topological polar surface area (TPSA) is 66.8 Å². The van der Waals surface area contributed by atoms with Crippen LogP contribution in [0.5, 0.6) is 0 Å². The molecule has 1 fully saturated rings. The van der Waals surface area contributed by atoms with Crippen LogP contribution in [0.15, 0.2) is 67.1 Å². The van der Waals surface area contributed by atoms with Crippen molar-refractivity contribution >= 4 is 16.9 Å². The molecule has 4 heterocycles. The molecule has 4 aromatic rings. The average Bonchev–Trinajstić information content (AvgIpc) is 3.49. The van der Waals surface area contributed by atoms with Gasteiger partial charge in [-0.2, -0.15) is 5.10 Å².